The summed E-state index contributed by atoms with van der Waals surface area (Å²) < 4.78 is 22.5. The van der Waals surface area contributed by atoms with Gasteiger partial charge >= 0.3 is 5.97 Å². The SMILES string of the molecule is COC(=O)[C@]1(CC2OCCO2)OC(C[C@H](O)CNC(=O)c2cc(C)c3[nH]ccc3c2)CC[C@@H]1C. The van der Waals surface area contributed by atoms with Gasteiger partial charge in [-0.1, -0.05) is 6.92 Å². The number of amides is 1. The smallest absolute Gasteiger partial charge is 0.338 e. The number of hydrogen-bond donors (Lipinski definition) is 3. The van der Waals surface area contributed by atoms with Crippen molar-refractivity contribution >= 4 is 22.8 Å². The van der Waals surface area contributed by atoms with Crippen LogP contribution in [0.5, 0.6) is 0 Å². The van der Waals surface area contributed by atoms with Gasteiger partial charge in [-0.15, -0.1) is 0 Å². The van der Waals surface area contributed by atoms with Crippen molar-refractivity contribution in [3.63, 3.8) is 0 Å². The van der Waals surface area contributed by atoms with Crippen LogP contribution in [0, 0.1) is 12.8 Å². The predicted molar refractivity (Wildman–Crippen MR) is 124 cm³/mol. The minimum absolute atomic E-state index is 0.0819. The zero-order valence-electron chi connectivity index (χ0n) is 20.0. The molecule has 3 heterocycles. The molecule has 0 radical (unpaired) electrons. The first kappa shape index (κ1) is 24.7. The van der Waals surface area contributed by atoms with E-state index in [1.807, 2.05) is 38.2 Å². The Kier molecular flexibility index (Phi) is 7.57. The van der Waals surface area contributed by atoms with E-state index in [1.165, 1.54) is 7.11 Å². The molecular formula is C25H34N2O7. The van der Waals surface area contributed by atoms with Crippen LogP contribution in [0.3, 0.4) is 0 Å². The maximum absolute atomic E-state index is 12.8. The van der Waals surface area contributed by atoms with Crippen LogP contribution in [-0.2, 0) is 23.7 Å². The lowest BCUT2D eigenvalue weighted by atomic mass is 9.78. The predicted octanol–water partition coefficient (Wildman–Crippen LogP) is 2.45. The van der Waals surface area contributed by atoms with Crippen molar-refractivity contribution in [3.8, 4) is 0 Å². The van der Waals surface area contributed by atoms with Gasteiger partial charge < -0.3 is 34.4 Å². The lowest BCUT2D eigenvalue weighted by Crippen LogP contribution is -2.55. The highest BCUT2D eigenvalue weighted by molar-refractivity contribution is 5.99. The van der Waals surface area contributed by atoms with E-state index in [0.717, 1.165) is 22.9 Å². The summed E-state index contributed by atoms with van der Waals surface area (Å²) in [6.45, 7) is 4.95. The topological polar surface area (TPSA) is 119 Å². The highest BCUT2D eigenvalue weighted by Crippen LogP contribution is 2.40. The summed E-state index contributed by atoms with van der Waals surface area (Å²) in [5.74, 6) is -0.794. The third-order valence-electron chi connectivity index (χ3n) is 6.94. The number of fused-ring (bicyclic) bond motifs is 1. The van der Waals surface area contributed by atoms with Gasteiger partial charge in [0.05, 0.1) is 32.5 Å². The molecule has 9 heteroatoms. The Morgan fingerprint density at radius 2 is 2.06 bits per heavy atom. The molecule has 0 spiro atoms. The highest BCUT2D eigenvalue weighted by atomic mass is 16.7. The van der Waals surface area contributed by atoms with Gasteiger partial charge in [0, 0.05) is 42.0 Å². The van der Waals surface area contributed by atoms with E-state index >= 15 is 0 Å². The second kappa shape index (κ2) is 10.4. The molecule has 0 aliphatic carbocycles. The first-order valence-electron chi connectivity index (χ1n) is 11.9. The number of nitrogens with one attached hydrogen (secondary N) is 2. The van der Waals surface area contributed by atoms with E-state index in [9.17, 15) is 14.7 Å². The fourth-order valence-electron chi connectivity index (χ4n) is 5.02. The molecule has 4 rings (SSSR count). The standard InChI is InChI=1S/C25H34N2O7/c1-15-10-18(11-17-6-7-26-22(15)17)23(29)27-14-19(28)12-20-5-4-16(2)25(34-20,24(30)31-3)13-21-32-8-9-33-21/h6-7,10-11,16,19-21,26,28H,4-5,8-9,12-14H2,1-3H3,(H,27,29)/t16-,19-,20?,25+/m0/s1. The summed E-state index contributed by atoms with van der Waals surface area (Å²) in [6, 6.07) is 5.57. The summed E-state index contributed by atoms with van der Waals surface area (Å²) in [5, 5.41) is 14.4. The van der Waals surface area contributed by atoms with Gasteiger partial charge in [-0.3, -0.25) is 4.79 Å². The highest BCUT2D eigenvalue weighted by Gasteiger charge is 2.52. The Morgan fingerprint density at radius 3 is 2.79 bits per heavy atom. The maximum Gasteiger partial charge on any atom is 0.338 e. The Labute approximate surface area is 199 Å². The van der Waals surface area contributed by atoms with Crippen molar-refractivity contribution < 1.29 is 33.6 Å². The summed E-state index contributed by atoms with van der Waals surface area (Å²) in [4.78, 5) is 28.6. The zero-order valence-corrected chi connectivity index (χ0v) is 20.0. The minimum Gasteiger partial charge on any atom is -0.467 e. The van der Waals surface area contributed by atoms with Crippen LogP contribution in [0.25, 0.3) is 10.9 Å². The third-order valence-corrected chi connectivity index (χ3v) is 6.94. The number of H-pyrrole nitrogens is 1. The van der Waals surface area contributed by atoms with Crippen molar-refractivity contribution in [1.29, 1.82) is 0 Å². The molecular weight excluding hydrogens is 440 g/mol. The minimum atomic E-state index is -1.20. The van der Waals surface area contributed by atoms with Crippen LogP contribution < -0.4 is 5.32 Å². The number of rotatable bonds is 8. The fraction of sp³-hybridized carbons (Fsp3) is 0.600. The Balaban J connectivity index is 1.36. The number of methoxy groups -OCH3 is 1. The van der Waals surface area contributed by atoms with Crippen LogP contribution in [0.15, 0.2) is 24.4 Å². The molecule has 34 heavy (non-hydrogen) atoms. The van der Waals surface area contributed by atoms with Gasteiger partial charge in [-0.25, -0.2) is 4.79 Å². The molecule has 2 saturated heterocycles. The molecule has 2 aliphatic rings. The summed E-state index contributed by atoms with van der Waals surface area (Å²) in [7, 11) is 1.34. The zero-order chi connectivity index (χ0) is 24.3. The van der Waals surface area contributed by atoms with Crippen LogP contribution in [0.2, 0.25) is 0 Å². The molecule has 1 unspecified atom stereocenters. The number of benzene rings is 1. The molecule has 0 saturated carbocycles. The van der Waals surface area contributed by atoms with Crippen molar-refractivity contribution in [3.05, 3.63) is 35.5 Å². The van der Waals surface area contributed by atoms with Crippen molar-refractivity contribution in [2.24, 2.45) is 5.92 Å². The van der Waals surface area contributed by atoms with Gasteiger partial charge in [-0.2, -0.15) is 0 Å². The number of carbonyl (C=O) groups excluding carboxylic acids is 2. The lowest BCUT2D eigenvalue weighted by molar-refractivity contribution is -0.220. The number of aromatic nitrogens is 1. The number of aromatic amines is 1. The number of carbonyl (C=O) groups is 2. The Morgan fingerprint density at radius 1 is 1.29 bits per heavy atom. The maximum atomic E-state index is 12.8. The molecule has 2 aromatic rings. The molecule has 0 bridgehead atoms. The van der Waals surface area contributed by atoms with E-state index < -0.39 is 24.0 Å². The van der Waals surface area contributed by atoms with Crippen LogP contribution in [0.1, 0.15) is 48.5 Å². The quantitative estimate of drug-likeness (QED) is 0.503. The summed E-state index contributed by atoms with van der Waals surface area (Å²) in [6.07, 6.45) is 2.09. The van der Waals surface area contributed by atoms with E-state index in [0.29, 0.717) is 25.2 Å². The number of aryl methyl sites for hydroxylation is 1. The van der Waals surface area contributed by atoms with Crippen molar-refractivity contribution in [2.75, 3.05) is 26.9 Å². The first-order chi connectivity index (χ1) is 16.3. The van der Waals surface area contributed by atoms with Crippen LogP contribution in [0.4, 0.5) is 0 Å². The van der Waals surface area contributed by atoms with Crippen LogP contribution >= 0.6 is 0 Å². The second-order valence-corrected chi connectivity index (χ2v) is 9.31. The number of esters is 1. The van der Waals surface area contributed by atoms with E-state index in [1.54, 1.807) is 0 Å². The molecule has 186 valence electrons. The van der Waals surface area contributed by atoms with Gasteiger partial charge in [0.15, 0.2) is 11.9 Å². The van der Waals surface area contributed by atoms with Gasteiger partial charge in [0.25, 0.3) is 5.91 Å². The molecule has 1 aromatic heterocycles. The number of ether oxygens (including phenoxy) is 4. The molecule has 3 N–H and O–H groups in total. The monoisotopic (exact) mass is 474 g/mol. The summed E-state index contributed by atoms with van der Waals surface area (Å²) >= 11 is 0. The largest absolute Gasteiger partial charge is 0.467 e. The van der Waals surface area contributed by atoms with E-state index in [-0.39, 0.29) is 37.3 Å². The molecule has 2 aliphatic heterocycles. The summed E-state index contributed by atoms with van der Waals surface area (Å²) in [5.41, 5.74) is 1.33. The fourth-order valence-corrected chi connectivity index (χ4v) is 5.02. The normalized spacial score (nSPS) is 26.5. The average Bonchev–Trinajstić information content (AvgIpc) is 3.51. The second-order valence-electron chi connectivity index (χ2n) is 9.31. The molecule has 9 nitrogen and oxygen atoms in total. The number of aliphatic hydroxyl groups excluding tert-OH is 1. The lowest BCUT2D eigenvalue weighted by Gasteiger charge is -2.44. The van der Waals surface area contributed by atoms with Crippen LogP contribution in [-0.4, -0.2) is 72.9 Å². The first-order valence-corrected chi connectivity index (χ1v) is 11.9. The number of aliphatic hydroxyl groups is 1. The Bertz CT molecular complexity index is 1020. The van der Waals surface area contributed by atoms with Gasteiger partial charge in [-0.05, 0) is 49.4 Å². The van der Waals surface area contributed by atoms with E-state index in [2.05, 4.69) is 10.3 Å². The number of hydrogen-bond acceptors (Lipinski definition) is 7. The van der Waals surface area contributed by atoms with Gasteiger partial charge in [0.2, 0.25) is 0 Å². The third kappa shape index (κ3) is 5.12. The van der Waals surface area contributed by atoms with E-state index in [4.69, 9.17) is 18.9 Å². The molecule has 1 amide bonds. The van der Waals surface area contributed by atoms with Crippen molar-refractivity contribution in [2.45, 2.75) is 63.6 Å². The van der Waals surface area contributed by atoms with Gasteiger partial charge in [0.1, 0.15) is 0 Å². The Hall–Kier alpha value is -2.46. The molecule has 2 fully saturated rings. The molecule has 1 aromatic carbocycles. The average molecular weight is 475 g/mol. The molecule has 4 atom stereocenters. The van der Waals surface area contributed by atoms with Crippen molar-refractivity contribution in [1.82, 2.24) is 10.3 Å².